The molecule has 1 aromatic carbocycles. The van der Waals surface area contributed by atoms with E-state index in [4.69, 9.17) is 0 Å². The number of sulfone groups is 1. The maximum atomic E-state index is 11.5. The molecule has 1 heterocycles. The smallest absolute Gasteiger partial charge is 0.175 e. The van der Waals surface area contributed by atoms with Crippen molar-refractivity contribution in [2.75, 3.05) is 13.3 Å². The predicted octanol–water partition coefficient (Wildman–Crippen LogP) is 1.89. The van der Waals surface area contributed by atoms with Crippen molar-refractivity contribution in [2.24, 2.45) is 7.05 Å². The molecule has 7 heteroatoms. The lowest BCUT2D eigenvalue weighted by molar-refractivity contribution is 0.599. The molecule has 0 fully saturated rings. The van der Waals surface area contributed by atoms with Gasteiger partial charge in [-0.3, -0.25) is 4.68 Å². The molecule has 108 valence electrons. The van der Waals surface area contributed by atoms with E-state index < -0.39 is 9.84 Å². The summed E-state index contributed by atoms with van der Waals surface area (Å²) in [6.07, 6.45) is 2.94. The van der Waals surface area contributed by atoms with Gasteiger partial charge >= 0.3 is 0 Å². The van der Waals surface area contributed by atoms with Gasteiger partial charge in [-0.1, -0.05) is 12.1 Å². The van der Waals surface area contributed by atoms with Crippen molar-refractivity contribution >= 4 is 25.8 Å². The van der Waals surface area contributed by atoms with E-state index in [0.29, 0.717) is 4.90 Å². The first-order valence-corrected chi connectivity index (χ1v) is 8.67. The number of benzene rings is 1. The molecule has 0 saturated carbocycles. The summed E-state index contributed by atoms with van der Waals surface area (Å²) in [4.78, 5) is 0.320. The van der Waals surface area contributed by atoms with Gasteiger partial charge in [0, 0.05) is 13.3 Å². The summed E-state index contributed by atoms with van der Waals surface area (Å²) < 4.78 is 25.7. The predicted molar refractivity (Wildman–Crippen MR) is 81.4 cm³/mol. The van der Waals surface area contributed by atoms with E-state index in [1.165, 1.54) is 6.26 Å². The molecule has 0 aliphatic heterocycles. The largest absolute Gasteiger partial charge is 0.308 e. The Bertz CT molecular complexity index is 688. The molecule has 1 N–H and O–H groups in total. The topological polar surface area (TPSA) is 64.0 Å². The molecule has 5 nitrogen and oxygen atoms in total. The highest BCUT2D eigenvalue weighted by molar-refractivity contribution is 9.10. The standard InChI is InChI=1S/C13H16BrN3O2S/c1-15-12(13-11(14)8-16-17(13)2)9-4-6-10(7-5-9)20(3,18)19/h4-8,12,15H,1-3H3. The summed E-state index contributed by atoms with van der Waals surface area (Å²) in [7, 11) is 0.557. The van der Waals surface area contributed by atoms with Crippen molar-refractivity contribution in [3.8, 4) is 0 Å². The van der Waals surface area contributed by atoms with Gasteiger partial charge < -0.3 is 5.32 Å². The van der Waals surface area contributed by atoms with Crippen LogP contribution in [0.25, 0.3) is 0 Å². The minimum Gasteiger partial charge on any atom is -0.308 e. The summed E-state index contributed by atoms with van der Waals surface area (Å²) in [6, 6.07) is 6.82. The Morgan fingerprint density at radius 3 is 2.30 bits per heavy atom. The number of rotatable bonds is 4. The zero-order chi connectivity index (χ0) is 14.9. The van der Waals surface area contributed by atoms with Crippen LogP contribution in [0, 0.1) is 0 Å². The van der Waals surface area contributed by atoms with E-state index in [1.807, 2.05) is 26.2 Å². The van der Waals surface area contributed by atoms with Crippen LogP contribution >= 0.6 is 15.9 Å². The number of hydrogen-bond acceptors (Lipinski definition) is 4. The van der Waals surface area contributed by atoms with Crippen molar-refractivity contribution in [1.82, 2.24) is 15.1 Å². The molecular weight excluding hydrogens is 342 g/mol. The second-order valence-corrected chi connectivity index (χ2v) is 7.43. The second kappa shape index (κ2) is 5.67. The molecule has 2 rings (SSSR count). The summed E-state index contributed by atoms with van der Waals surface area (Å²) in [5.41, 5.74) is 1.96. The van der Waals surface area contributed by atoms with Gasteiger partial charge in [0.15, 0.2) is 9.84 Å². The van der Waals surface area contributed by atoms with E-state index in [-0.39, 0.29) is 6.04 Å². The van der Waals surface area contributed by atoms with Gasteiger partial charge in [0.25, 0.3) is 0 Å². The first kappa shape index (κ1) is 15.2. The van der Waals surface area contributed by atoms with Crippen molar-refractivity contribution in [1.29, 1.82) is 0 Å². The van der Waals surface area contributed by atoms with Gasteiger partial charge in [0.1, 0.15) is 0 Å². The second-order valence-electron chi connectivity index (χ2n) is 4.56. The summed E-state index contributed by atoms with van der Waals surface area (Å²) in [5, 5.41) is 7.42. The Labute approximate surface area is 127 Å². The van der Waals surface area contributed by atoms with Crippen LogP contribution in [-0.4, -0.2) is 31.5 Å². The lowest BCUT2D eigenvalue weighted by atomic mass is 10.0. The molecule has 0 bridgehead atoms. The lowest BCUT2D eigenvalue weighted by Crippen LogP contribution is -2.21. The van der Waals surface area contributed by atoms with E-state index in [0.717, 1.165) is 15.7 Å². The quantitative estimate of drug-likeness (QED) is 0.907. The molecule has 2 aromatic rings. The fourth-order valence-corrected chi connectivity index (χ4v) is 3.32. The third-order valence-electron chi connectivity index (χ3n) is 3.14. The Morgan fingerprint density at radius 2 is 1.90 bits per heavy atom. The Kier molecular flexibility index (Phi) is 4.31. The third-order valence-corrected chi connectivity index (χ3v) is 4.88. The average Bonchev–Trinajstić information content (AvgIpc) is 2.71. The normalized spacial score (nSPS) is 13.4. The summed E-state index contributed by atoms with van der Waals surface area (Å²) >= 11 is 3.48. The van der Waals surface area contributed by atoms with Gasteiger partial charge in [0.05, 0.1) is 27.3 Å². The minimum absolute atomic E-state index is 0.0644. The number of hydrogen-bond donors (Lipinski definition) is 1. The SMILES string of the molecule is CNC(c1ccc(S(C)(=O)=O)cc1)c1c(Br)cnn1C. The van der Waals surface area contributed by atoms with Crippen LogP contribution in [-0.2, 0) is 16.9 Å². The Hall–Kier alpha value is -1.18. The number of nitrogens with zero attached hydrogens (tertiary/aromatic N) is 2. The van der Waals surface area contributed by atoms with E-state index in [9.17, 15) is 8.42 Å². The van der Waals surface area contributed by atoms with Gasteiger partial charge in [-0.25, -0.2) is 8.42 Å². The number of aromatic nitrogens is 2. The van der Waals surface area contributed by atoms with Gasteiger partial charge in [-0.15, -0.1) is 0 Å². The highest BCUT2D eigenvalue weighted by atomic mass is 79.9. The molecule has 0 saturated heterocycles. The van der Waals surface area contributed by atoms with Crippen LogP contribution in [0.4, 0.5) is 0 Å². The van der Waals surface area contributed by atoms with E-state index in [2.05, 4.69) is 26.3 Å². The van der Waals surface area contributed by atoms with Gasteiger partial charge in [-0.05, 0) is 40.7 Å². The zero-order valence-electron chi connectivity index (χ0n) is 11.5. The molecule has 0 aliphatic carbocycles. The molecule has 20 heavy (non-hydrogen) atoms. The first-order valence-electron chi connectivity index (χ1n) is 5.99. The lowest BCUT2D eigenvalue weighted by Gasteiger charge is -2.18. The first-order chi connectivity index (χ1) is 9.34. The molecule has 0 amide bonds. The average molecular weight is 358 g/mol. The van der Waals surface area contributed by atoms with Crippen LogP contribution in [0.1, 0.15) is 17.3 Å². The maximum absolute atomic E-state index is 11.5. The van der Waals surface area contributed by atoms with Crippen LogP contribution in [0.5, 0.6) is 0 Å². The number of nitrogens with one attached hydrogen (secondary N) is 1. The Balaban J connectivity index is 2.43. The molecule has 0 spiro atoms. The van der Waals surface area contributed by atoms with Crippen LogP contribution < -0.4 is 5.32 Å². The molecule has 1 unspecified atom stereocenters. The molecular formula is C13H16BrN3O2S. The third kappa shape index (κ3) is 2.94. The van der Waals surface area contributed by atoms with E-state index >= 15 is 0 Å². The van der Waals surface area contributed by atoms with Gasteiger partial charge in [0.2, 0.25) is 0 Å². The van der Waals surface area contributed by atoms with Crippen molar-refractivity contribution in [3.05, 3.63) is 46.2 Å². The van der Waals surface area contributed by atoms with Crippen LogP contribution in [0.3, 0.4) is 0 Å². The highest BCUT2D eigenvalue weighted by Crippen LogP contribution is 2.28. The van der Waals surface area contributed by atoms with Gasteiger partial charge in [-0.2, -0.15) is 5.10 Å². The fraction of sp³-hybridized carbons (Fsp3) is 0.308. The van der Waals surface area contributed by atoms with Crippen molar-refractivity contribution in [3.63, 3.8) is 0 Å². The molecule has 0 radical (unpaired) electrons. The molecule has 1 atom stereocenters. The van der Waals surface area contributed by atoms with E-state index in [1.54, 1.807) is 23.0 Å². The van der Waals surface area contributed by atoms with Crippen molar-refractivity contribution in [2.45, 2.75) is 10.9 Å². The van der Waals surface area contributed by atoms with Crippen molar-refractivity contribution < 1.29 is 8.42 Å². The zero-order valence-corrected chi connectivity index (χ0v) is 13.9. The molecule has 1 aromatic heterocycles. The highest BCUT2D eigenvalue weighted by Gasteiger charge is 2.19. The van der Waals surface area contributed by atoms with Crippen LogP contribution in [0.15, 0.2) is 39.8 Å². The summed E-state index contributed by atoms with van der Waals surface area (Å²) in [6.45, 7) is 0. The van der Waals surface area contributed by atoms with Crippen LogP contribution in [0.2, 0.25) is 0 Å². The minimum atomic E-state index is -3.17. The number of aryl methyl sites for hydroxylation is 1. The summed E-state index contributed by atoms with van der Waals surface area (Å²) in [5.74, 6) is 0. The molecule has 0 aliphatic rings. The monoisotopic (exact) mass is 357 g/mol. The maximum Gasteiger partial charge on any atom is 0.175 e. The number of halogens is 1. The fourth-order valence-electron chi connectivity index (χ4n) is 2.11. The Morgan fingerprint density at radius 1 is 1.30 bits per heavy atom.